The predicted octanol–water partition coefficient (Wildman–Crippen LogP) is 3.77. The highest BCUT2D eigenvalue weighted by Gasteiger charge is 2.39. The molecule has 0 saturated carbocycles. The van der Waals surface area contributed by atoms with Crippen LogP contribution in [0.4, 0.5) is 5.69 Å². The molecule has 0 radical (unpaired) electrons. The maximum atomic E-state index is 12.1. The number of fused-ring (bicyclic) bond motifs is 2. The summed E-state index contributed by atoms with van der Waals surface area (Å²) in [6, 6.07) is 8.74. The van der Waals surface area contributed by atoms with Gasteiger partial charge in [0.2, 0.25) is 0 Å². The van der Waals surface area contributed by atoms with E-state index in [2.05, 4.69) is 20.8 Å². The van der Waals surface area contributed by atoms with Crippen molar-refractivity contribution in [2.75, 3.05) is 10.7 Å². The number of sulfone groups is 1. The van der Waals surface area contributed by atoms with E-state index in [1.807, 2.05) is 19.1 Å². The quantitative estimate of drug-likeness (QED) is 0.756. The molecule has 1 aromatic carbocycles. The molecule has 0 amide bonds. The molecule has 0 aromatic heterocycles. The fourth-order valence-electron chi connectivity index (χ4n) is 3.74. The van der Waals surface area contributed by atoms with E-state index in [4.69, 9.17) is 0 Å². The number of hydrogen-bond acceptors (Lipinski definition) is 3. The number of piperidine rings is 1. The van der Waals surface area contributed by atoms with Gasteiger partial charge in [0.15, 0.2) is 9.84 Å². The Kier molecular flexibility index (Phi) is 4.33. The third-order valence-corrected chi connectivity index (χ3v) is 7.33. The van der Waals surface area contributed by atoms with Gasteiger partial charge >= 0.3 is 0 Å². The molecule has 3 rings (SSSR count). The van der Waals surface area contributed by atoms with E-state index in [-0.39, 0.29) is 5.75 Å². The van der Waals surface area contributed by atoms with Gasteiger partial charge in [-0.15, -0.1) is 0 Å². The summed E-state index contributed by atoms with van der Waals surface area (Å²) >= 11 is 3.76. The standard InChI is InChI=1S/C16H22BrNO2S/c1-2-9-21(19,20)16-7-5-13(6-8-16)18-14-3-4-15(18)11-12(17)10-14/h5-8,12,14-15H,2-4,9-11H2,1H3. The Bertz CT molecular complexity index is 585. The first-order chi connectivity index (χ1) is 10.0. The van der Waals surface area contributed by atoms with Crippen molar-refractivity contribution in [2.45, 2.75) is 60.8 Å². The minimum Gasteiger partial charge on any atom is -0.365 e. The van der Waals surface area contributed by atoms with Crippen LogP contribution in [-0.2, 0) is 9.84 Å². The van der Waals surface area contributed by atoms with Crippen molar-refractivity contribution in [3.63, 3.8) is 0 Å². The molecule has 2 aliphatic heterocycles. The Morgan fingerprint density at radius 2 is 1.71 bits per heavy atom. The molecule has 2 saturated heterocycles. The number of alkyl halides is 1. The third kappa shape index (κ3) is 3.00. The predicted molar refractivity (Wildman–Crippen MR) is 90.0 cm³/mol. The lowest BCUT2D eigenvalue weighted by atomic mass is 10.0. The van der Waals surface area contributed by atoms with Gasteiger partial charge in [-0.2, -0.15) is 0 Å². The van der Waals surface area contributed by atoms with Crippen molar-refractivity contribution in [3.8, 4) is 0 Å². The molecule has 0 aliphatic carbocycles. The van der Waals surface area contributed by atoms with Crippen molar-refractivity contribution in [1.82, 2.24) is 0 Å². The number of halogens is 1. The van der Waals surface area contributed by atoms with Crippen molar-refractivity contribution in [3.05, 3.63) is 24.3 Å². The Labute approximate surface area is 135 Å². The summed E-state index contributed by atoms with van der Waals surface area (Å²) < 4.78 is 24.2. The molecule has 116 valence electrons. The van der Waals surface area contributed by atoms with Crippen molar-refractivity contribution in [2.24, 2.45) is 0 Å². The van der Waals surface area contributed by atoms with Gasteiger partial charge in [0.05, 0.1) is 10.6 Å². The van der Waals surface area contributed by atoms with Gasteiger partial charge < -0.3 is 4.90 Å². The zero-order valence-corrected chi connectivity index (χ0v) is 14.7. The second-order valence-corrected chi connectivity index (χ2v) is 9.58. The van der Waals surface area contributed by atoms with E-state index in [1.54, 1.807) is 12.1 Å². The molecular weight excluding hydrogens is 350 g/mol. The lowest BCUT2D eigenvalue weighted by molar-refractivity contribution is 0.483. The van der Waals surface area contributed by atoms with Crippen LogP contribution < -0.4 is 4.90 Å². The molecule has 0 spiro atoms. The minimum absolute atomic E-state index is 0.229. The fourth-order valence-corrected chi connectivity index (χ4v) is 5.93. The first kappa shape index (κ1) is 15.3. The highest BCUT2D eigenvalue weighted by atomic mass is 79.9. The Hall–Kier alpha value is -0.550. The van der Waals surface area contributed by atoms with E-state index < -0.39 is 9.84 Å². The summed E-state index contributed by atoms with van der Waals surface area (Å²) in [6.45, 7) is 1.90. The number of benzene rings is 1. The normalized spacial score (nSPS) is 28.9. The summed E-state index contributed by atoms with van der Waals surface area (Å²) in [5, 5.41) is 0. The highest BCUT2D eigenvalue weighted by Crippen LogP contribution is 2.41. The second kappa shape index (κ2) is 5.92. The van der Waals surface area contributed by atoms with E-state index in [0.717, 1.165) is 0 Å². The molecule has 2 heterocycles. The summed E-state index contributed by atoms with van der Waals surface area (Å²) in [5.74, 6) is 0.229. The molecule has 2 fully saturated rings. The topological polar surface area (TPSA) is 37.4 Å². The largest absolute Gasteiger partial charge is 0.365 e. The Morgan fingerprint density at radius 3 is 2.24 bits per heavy atom. The first-order valence-electron chi connectivity index (χ1n) is 7.76. The lowest BCUT2D eigenvalue weighted by Gasteiger charge is -2.39. The molecule has 1 aromatic rings. The van der Waals surface area contributed by atoms with Crippen LogP contribution in [0.1, 0.15) is 39.0 Å². The molecular formula is C16H22BrNO2S. The van der Waals surface area contributed by atoms with Gasteiger partial charge in [0.25, 0.3) is 0 Å². The van der Waals surface area contributed by atoms with Crippen LogP contribution in [-0.4, -0.2) is 31.1 Å². The average molecular weight is 372 g/mol. The van der Waals surface area contributed by atoms with Crippen LogP contribution >= 0.6 is 15.9 Å². The van der Waals surface area contributed by atoms with Gasteiger partial charge in [0, 0.05) is 22.6 Å². The van der Waals surface area contributed by atoms with Crippen LogP contribution in [0.3, 0.4) is 0 Å². The molecule has 21 heavy (non-hydrogen) atoms. The second-order valence-electron chi connectivity index (χ2n) is 6.17. The fraction of sp³-hybridized carbons (Fsp3) is 0.625. The van der Waals surface area contributed by atoms with Gasteiger partial charge in [-0.25, -0.2) is 8.42 Å². The summed E-state index contributed by atoms with van der Waals surface area (Å²) in [6.07, 6.45) is 5.54. The van der Waals surface area contributed by atoms with Crippen molar-refractivity contribution < 1.29 is 8.42 Å². The number of rotatable bonds is 4. The smallest absolute Gasteiger partial charge is 0.178 e. The van der Waals surface area contributed by atoms with Crippen LogP contribution in [0.25, 0.3) is 0 Å². The van der Waals surface area contributed by atoms with Gasteiger partial charge in [-0.3, -0.25) is 0 Å². The average Bonchev–Trinajstić information content (AvgIpc) is 2.71. The number of nitrogens with zero attached hydrogens (tertiary/aromatic N) is 1. The number of anilines is 1. The summed E-state index contributed by atoms with van der Waals surface area (Å²) in [4.78, 5) is 3.60. The van der Waals surface area contributed by atoms with Crippen molar-refractivity contribution >= 4 is 31.5 Å². The molecule has 2 unspecified atom stereocenters. The Morgan fingerprint density at radius 1 is 1.14 bits per heavy atom. The monoisotopic (exact) mass is 371 g/mol. The first-order valence-corrected chi connectivity index (χ1v) is 10.3. The van der Waals surface area contributed by atoms with Crippen molar-refractivity contribution in [1.29, 1.82) is 0 Å². The zero-order valence-electron chi connectivity index (χ0n) is 12.3. The zero-order chi connectivity index (χ0) is 15.0. The molecule has 2 atom stereocenters. The Balaban J connectivity index is 1.82. The van der Waals surface area contributed by atoms with Crippen LogP contribution in [0.2, 0.25) is 0 Å². The molecule has 2 aliphatic rings. The maximum Gasteiger partial charge on any atom is 0.178 e. The van der Waals surface area contributed by atoms with E-state index in [9.17, 15) is 8.42 Å². The summed E-state index contributed by atoms with van der Waals surface area (Å²) in [5.41, 5.74) is 1.18. The minimum atomic E-state index is -3.10. The van der Waals surface area contributed by atoms with E-state index in [0.29, 0.717) is 28.2 Å². The van der Waals surface area contributed by atoms with E-state index >= 15 is 0 Å². The molecule has 2 bridgehead atoms. The van der Waals surface area contributed by atoms with Crippen LogP contribution in [0, 0.1) is 0 Å². The summed E-state index contributed by atoms with van der Waals surface area (Å²) in [7, 11) is -3.10. The lowest BCUT2D eigenvalue weighted by Crippen LogP contribution is -2.43. The molecule has 3 nitrogen and oxygen atoms in total. The van der Waals surface area contributed by atoms with Gasteiger partial charge in [-0.05, 0) is 56.4 Å². The molecule has 0 N–H and O–H groups in total. The highest BCUT2D eigenvalue weighted by molar-refractivity contribution is 9.09. The molecule has 5 heteroatoms. The van der Waals surface area contributed by atoms with Gasteiger partial charge in [-0.1, -0.05) is 22.9 Å². The van der Waals surface area contributed by atoms with Gasteiger partial charge in [0.1, 0.15) is 0 Å². The van der Waals surface area contributed by atoms with Crippen LogP contribution in [0.5, 0.6) is 0 Å². The third-order valence-electron chi connectivity index (χ3n) is 4.64. The van der Waals surface area contributed by atoms with Crippen LogP contribution in [0.15, 0.2) is 29.2 Å². The number of hydrogen-bond donors (Lipinski definition) is 0. The maximum absolute atomic E-state index is 12.1. The van der Waals surface area contributed by atoms with E-state index in [1.165, 1.54) is 31.4 Å². The SMILES string of the molecule is CCCS(=O)(=O)c1ccc(N2C3CCC2CC(Br)C3)cc1.